The standard InChI is InChI=1S/C7H16N2/c1-6(8)5-9(2)7-3-4-7/h6-7H,3-5,8H2,1-2H3/t6-/m0/s1. The second-order valence-electron chi connectivity index (χ2n) is 3.15. The summed E-state index contributed by atoms with van der Waals surface area (Å²) in [4.78, 5) is 2.35. The highest BCUT2D eigenvalue weighted by Crippen LogP contribution is 2.24. The Morgan fingerprint density at radius 2 is 2.22 bits per heavy atom. The lowest BCUT2D eigenvalue weighted by atomic mass is 10.3. The predicted molar refractivity (Wildman–Crippen MR) is 39.3 cm³/mol. The van der Waals surface area contributed by atoms with Gasteiger partial charge in [-0.1, -0.05) is 0 Å². The number of hydrogen-bond acceptors (Lipinski definition) is 2. The highest BCUT2D eigenvalue weighted by atomic mass is 15.2. The van der Waals surface area contributed by atoms with E-state index in [-0.39, 0.29) is 0 Å². The van der Waals surface area contributed by atoms with Gasteiger partial charge in [-0.15, -0.1) is 0 Å². The van der Waals surface area contributed by atoms with E-state index in [4.69, 9.17) is 5.73 Å². The Bertz CT molecular complexity index is 86.9. The van der Waals surface area contributed by atoms with Gasteiger partial charge in [-0.25, -0.2) is 0 Å². The maximum absolute atomic E-state index is 5.62. The van der Waals surface area contributed by atoms with E-state index < -0.39 is 0 Å². The van der Waals surface area contributed by atoms with E-state index in [1.807, 2.05) is 0 Å². The predicted octanol–water partition coefficient (Wildman–Crippen LogP) is 0.428. The Morgan fingerprint density at radius 3 is 2.56 bits per heavy atom. The molecular formula is C7H16N2. The van der Waals surface area contributed by atoms with Crippen molar-refractivity contribution in [3.63, 3.8) is 0 Å². The summed E-state index contributed by atoms with van der Waals surface area (Å²) in [5.74, 6) is 0. The second kappa shape index (κ2) is 2.67. The molecule has 0 aromatic carbocycles. The Kier molecular flexibility index (Phi) is 2.09. The van der Waals surface area contributed by atoms with Crippen molar-refractivity contribution in [1.29, 1.82) is 0 Å². The van der Waals surface area contributed by atoms with Crippen molar-refractivity contribution in [2.75, 3.05) is 13.6 Å². The third-order valence-electron chi connectivity index (χ3n) is 1.75. The van der Waals surface area contributed by atoms with E-state index in [1.165, 1.54) is 12.8 Å². The molecule has 1 fully saturated rings. The molecule has 2 N–H and O–H groups in total. The fraction of sp³-hybridized carbons (Fsp3) is 1.00. The average molecular weight is 128 g/mol. The summed E-state index contributed by atoms with van der Waals surface area (Å²) < 4.78 is 0. The fourth-order valence-electron chi connectivity index (χ4n) is 1.12. The lowest BCUT2D eigenvalue weighted by molar-refractivity contribution is 0.307. The van der Waals surface area contributed by atoms with Gasteiger partial charge in [-0.05, 0) is 26.8 Å². The third-order valence-corrected chi connectivity index (χ3v) is 1.75. The van der Waals surface area contributed by atoms with E-state index in [2.05, 4.69) is 18.9 Å². The lowest BCUT2D eigenvalue weighted by Crippen LogP contribution is -2.34. The van der Waals surface area contributed by atoms with Gasteiger partial charge in [0.25, 0.3) is 0 Å². The quantitative estimate of drug-likeness (QED) is 0.597. The van der Waals surface area contributed by atoms with Crippen molar-refractivity contribution in [1.82, 2.24) is 4.90 Å². The molecule has 54 valence electrons. The monoisotopic (exact) mass is 128 g/mol. The highest BCUT2D eigenvalue weighted by molar-refractivity contribution is 4.83. The van der Waals surface area contributed by atoms with Gasteiger partial charge in [0, 0.05) is 18.6 Å². The van der Waals surface area contributed by atoms with E-state index in [0.717, 1.165) is 12.6 Å². The lowest BCUT2D eigenvalue weighted by Gasteiger charge is -2.17. The van der Waals surface area contributed by atoms with Crippen molar-refractivity contribution < 1.29 is 0 Å². The Balaban J connectivity index is 2.10. The summed E-state index contributed by atoms with van der Waals surface area (Å²) in [5, 5.41) is 0. The van der Waals surface area contributed by atoms with Gasteiger partial charge in [0.1, 0.15) is 0 Å². The molecule has 0 heterocycles. The first kappa shape index (κ1) is 7.03. The Labute approximate surface area is 57.0 Å². The number of likely N-dealkylation sites (N-methyl/N-ethyl adjacent to an activating group) is 1. The van der Waals surface area contributed by atoms with Gasteiger partial charge in [-0.2, -0.15) is 0 Å². The van der Waals surface area contributed by atoms with E-state index in [0.29, 0.717) is 6.04 Å². The first-order valence-electron chi connectivity index (χ1n) is 3.66. The van der Waals surface area contributed by atoms with Crippen molar-refractivity contribution >= 4 is 0 Å². The minimum Gasteiger partial charge on any atom is -0.327 e. The van der Waals surface area contributed by atoms with E-state index in [9.17, 15) is 0 Å². The molecule has 1 aliphatic rings. The van der Waals surface area contributed by atoms with Crippen LogP contribution in [0.25, 0.3) is 0 Å². The second-order valence-corrected chi connectivity index (χ2v) is 3.15. The molecule has 1 saturated carbocycles. The molecule has 0 spiro atoms. The molecule has 2 nitrogen and oxygen atoms in total. The van der Waals surface area contributed by atoms with Crippen LogP contribution in [0.4, 0.5) is 0 Å². The van der Waals surface area contributed by atoms with Crippen LogP contribution in [0, 0.1) is 0 Å². The smallest absolute Gasteiger partial charge is 0.0139 e. The minimum atomic E-state index is 0.329. The van der Waals surface area contributed by atoms with Crippen LogP contribution in [0.5, 0.6) is 0 Å². The number of nitrogens with two attached hydrogens (primary N) is 1. The molecule has 0 aliphatic heterocycles. The topological polar surface area (TPSA) is 29.3 Å². The van der Waals surface area contributed by atoms with Crippen LogP contribution in [-0.2, 0) is 0 Å². The van der Waals surface area contributed by atoms with E-state index >= 15 is 0 Å². The summed E-state index contributed by atoms with van der Waals surface area (Å²) in [7, 11) is 2.15. The van der Waals surface area contributed by atoms with Gasteiger partial charge in [0.2, 0.25) is 0 Å². The van der Waals surface area contributed by atoms with Gasteiger partial charge in [0.15, 0.2) is 0 Å². The van der Waals surface area contributed by atoms with Crippen molar-refractivity contribution in [2.24, 2.45) is 5.73 Å². The van der Waals surface area contributed by atoms with Gasteiger partial charge in [-0.3, -0.25) is 0 Å². The zero-order chi connectivity index (χ0) is 6.85. The number of hydrogen-bond donors (Lipinski definition) is 1. The van der Waals surface area contributed by atoms with Crippen LogP contribution in [0.1, 0.15) is 19.8 Å². The van der Waals surface area contributed by atoms with Crippen LogP contribution in [0.15, 0.2) is 0 Å². The molecule has 0 aromatic rings. The summed E-state index contributed by atoms with van der Waals surface area (Å²) in [6.07, 6.45) is 2.76. The molecule has 0 amide bonds. The highest BCUT2D eigenvalue weighted by Gasteiger charge is 2.25. The molecule has 1 aliphatic carbocycles. The summed E-state index contributed by atoms with van der Waals surface area (Å²) in [6.45, 7) is 3.10. The Hall–Kier alpha value is -0.0800. The van der Waals surface area contributed by atoms with Gasteiger partial charge >= 0.3 is 0 Å². The molecule has 1 atom stereocenters. The average Bonchev–Trinajstić information content (AvgIpc) is 2.40. The molecule has 0 bridgehead atoms. The third kappa shape index (κ3) is 2.33. The van der Waals surface area contributed by atoms with Crippen LogP contribution in [0.3, 0.4) is 0 Å². The van der Waals surface area contributed by atoms with Gasteiger partial charge in [0.05, 0.1) is 0 Å². The molecule has 2 heteroatoms. The summed E-state index contributed by atoms with van der Waals surface area (Å²) in [5.41, 5.74) is 5.62. The molecule has 0 aromatic heterocycles. The van der Waals surface area contributed by atoms with Crippen molar-refractivity contribution in [2.45, 2.75) is 31.8 Å². The van der Waals surface area contributed by atoms with E-state index in [1.54, 1.807) is 0 Å². The molecule has 0 unspecified atom stereocenters. The normalized spacial score (nSPS) is 22.7. The first-order valence-corrected chi connectivity index (χ1v) is 3.66. The van der Waals surface area contributed by atoms with Crippen LogP contribution >= 0.6 is 0 Å². The van der Waals surface area contributed by atoms with Gasteiger partial charge < -0.3 is 10.6 Å². The molecule has 0 radical (unpaired) electrons. The molecular weight excluding hydrogens is 112 g/mol. The molecule has 1 rings (SSSR count). The minimum absolute atomic E-state index is 0.329. The number of nitrogens with zero attached hydrogens (tertiary/aromatic N) is 1. The van der Waals surface area contributed by atoms with Crippen molar-refractivity contribution in [3.8, 4) is 0 Å². The first-order chi connectivity index (χ1) is 4.20. The Morgan fingerprint density at radius 1 is 1.67 bits per heavy atom. The largest absolute Gasteiger partial charge is 0.327 e. The SMILES string of the molecule is C[C@H](N)CN(C)C1CC1. The summed E-state index contributed by atoms with van der Waals surface area (Å²) >= 11 is 0. The summed E-state index contributed by atoms with van der Waals surface area (Å²) in [6, 6.07) is 1.19. The zero-order valence-electron chi connectivity index (χ0n) is 6.30. The number of rotatable bonds is 3. The zero-order valence-corrected chi connectivity index (χ0v) is 6.30. The molecule has 9 heavy (non-hydrogen) atoms. The molecule has 0 saturated heterocycles. The fourth-order valence-corrected chi connectivity index (χ4v) is 1.12. The van der Waals surface area contributed by atoms with Crippen LogP contribution in [0.2, 0.25) is 0 Å². The van der Waals surface area contributed by atoms with Crippen LogP contribution in [-0.4, -0.2) is 30.6 Å². The van der Waals surface area contributed by atoms with Crippen LogP contribution < -0.4 is 5.73 Å². The van der Waals surface area contributed by atoms with Crippen molar-refractivity contribution in [3.05, 3.63) is 0 Å². The maximum atomic E-state index is 5.62. The maximum Gasteiger partial charge on any atom is 0.0139 e.